The van der Waals surface area contributed by atoms with Gasteiger partial charge in [-0.1, -0.05) is 12.1 Å². The standard InChI is InChI=1S/C19H19N5O6/c20-18(25)17-5-2-6-22(17)11-12-3-1-4-14(7-12)21-19(26)13-8-15(23(27)28)10-16(9-13)24(29)30/h1,3-4,7-10,17H,2,5-6,11H2,(H2,20,25)(H,21,26). The fourth-order valence-electron chi connectivity index (χ4n) is 3.46. The summed E-state index contributed by atoms with van der Waals surface area (Å²) in [6.45, 7) is 1.21. The number of anilines is 1. The summed E-state index contributed by atoms with van der Waals surface area (Å²) in [4.78, 5) is 46.5. The zero-order valence-electron chi connectivity index (χ0n) is 15.8. The summed E-state index contributed by atoms with van der Waals surface area (Å²) >= 11 is 0. The number of nitrogens with two attached hydrogens (primary N) is 1. The van der Waals surface area contributed by atoms with Gasteiger partial charge >= 0.3 is 0 Å². The Bertz CT molecular complexity index is 992. The molecule has 2 amide bonds. The number of rotatable bonds is 7. The number of nitrogens with one attached hydrogen (secondary N) is 1. The Morgan fingerprint density at radius 1 is 1.10 bits per heavy atom. The molecule has 1 saturated heterocycles. The second-order valence-corrected chi connectivity index (χ2v) is 6.94. The van der Waals surface area contributed by atoms with Gasteiger partial charge in [0.1, 0.15) is 0 Å². The molecule has 1 heterocycles. The van der Waals surface area contributed by atoms with Crippen molar-refractivity contribution in [3.63, 3.8) is 0 Å². The monoisotopic (exact) mass is 413 g/mol. The van der Waals surface area contributed by atoms with Crippen molar-refractivity contribution in [3.05, 3.63) is 73.8 Å². The Morgan fingerprint density at radius 2 is 1.77 bits per heavy atom. The van der Waals surface area contributed by atoms with E-state index in [1.54, 1.807) is 18.2 Å². The van der Waals surface area contributed by atoms with E-state index in [0.29, 0.717) is 18.7 Å². The second kappa shape index (κ2) is 8.66. The van der Waals surface area contributed by atoms with Gasteiger partial charge in [-0.15, -0.1) is 0 Å². The van der Waals surface area contributed by atoms with Gasteiger partial charge in [-0.05, 0) is 37.1 Å². The number of nitrogens with zero attached hydrogens (tertiary/aromatic N) is 3. The minimum Gasteiger partial charge on any atom is -0.368 e. The first-order valence-corrected chi connectivity index (χ1v) is 9.12. The maximum absolute atomic E-state index is 12.5. The minimum absolute atomic E-state index is 0.199. The molecule has 1 aliphatic rings. The minimum atomic E-state index is -0.796. The van der Waals surface area contributed by atoms with Gasteiger partial charge in [-0.2, -0.15) is 0 Å². The van der Waals surface area contributed by atoms with Crippen molar-refractivity contribution in [3.8, 4) is 0 Å². The summed E-state index contributed by atoms with van der Waals surface area (Å²) in [7, 11) is 0. The van der Waals surface area contributed by atoms with Crippen LogP contribution in [0.3, 0.4) is 0 Å². The number of nitro benzene ring substituents is 2. The topological polar surface area (TPSA) is 162 Å². The molecular formula is C19H19N5O6. The molecule has 0 bridgehead atoms. The number of primary amides is 1. The molecule has 30 heavy (non-hydrogen) atoms. The molecule has 2 aromatic carbocycles. The fourth-order valence-corrected chi connectivity index (χ4v) is 3.46. The van der Waals surface area contributed by atoms with Crippen molar-refractivity contribution in [2.75, 3.05) is 11.9 Å². The first-order valence-electron chi connectivity index (χ1n) is 9.12. The number of carbonyl (C=O) groups excluding carboxylic acids is 2. The predicted octanol–water partition coefficient (Wildman–Crippen LogP) is 2.21. The van der Waals surface area contributed by atoms with Crippen molar-refractivity contribution >= 4 is 28.9 Å². The molecular weight excluding hydrogens is 394 g/mol. The highest BCUT2D eigenvalue weighted by atomic mass is 16.6. The molecule has 1 aliphatic heterocycles. The average Bonchev–Trinajstić information content (AvgIpc) is 3.16. The van der Waals surface area contributed by atoms with Crippen LogP contribution in [-0.2, 0) is 11.3 Å². The summed E-state index contributed by atoms with van der Waals surface area (Å²) < 4.78 is 0. The molecule has 11 heteroatoms. The Morgan fingerprint density at radius 3 is 2.37 bits per heavy atom. The fraction of sp³-hybridized carbons (Fsp3) is 0.263. The van der Waals surface area contributed by atoms with Crippen molar-refractivity contribution in [2.45, 2.75) is 25.4 Å². The Labute approximate surface area is 170 Å². The van der Waals surface area contributed by atoms with Gasteiger partial charge in [0.2, 0.25) is 5.91 Å². The highest BCUT2D eigenvalue weighted by Crippen LogP contribution is 2.24. The van der Waals surface area contributed by atoms with Crippen LogP contribution < -0.4 is 11.1 Å². The third-order valence-corrected chi connectivity index (χ3v) is 4.85. The van der Waals surface area contributed by atoms with Gasteiger partial charge in [0.05, 0.1) is 27.5 Å². The smallest absolute Gasteiger partial charge is 0.277 e. The lowest BCUT2D eigenvalue weighted by atomic mass is 10.1. The first-order chi connectivity index (χ1) is 14.2. The SMILES string of the molecule is NC(=O)C1CCCN1Cc1cccc(NC(=O)c2cc([N+](=O)[O-])cc([N+](=O)[O-])c2)c1. The number of nitro groups is 2. The van der Waals surface area contributed by atoms with E-state index in [1.165, 1.54) is 0 Å². The number of hydrogen-bond acceptors (Lipinski definition) is 7. The van der Waals surface area contributed by atoms with Crippen LogP contribution in [0, 0.1) is 20.2 Å². The van der Waals surface area contributed by atoms with Crippen molar-refractivity contribution in [1.82, 2.24) is 4.90 Å². The Hall–Kier alpha value is -3.86. The van der Waals surface area contributed by atoms with Gasteiger partial charge < -0.3 is 11.1 Å². The second-order valence-electron chi connectivity index (χ2n) is 6.94. The van der Waals surface area contributed by atoms with Crippen molar-refractivity contribution in [1.29, 1.82) is 0 Å². The number of non-ortho nitro benzene ring substituents is 2. The lowest BCUT2D eigenvalue weighted by Crippen LogP contribution is -2.39. The van der Waals surface area contributed by atoms with Crippen LogP contribution in [0.5, 0.6) is 0 Å². The molecule has 156 valence electrons. The first kappa shape index (κ1) is 20.9. The Balaban J connectivity index is 1.78. The zero-order chi connectivity index (χ0) is 21.8. The summed E-state index contributed by atoms with van der Waals surface area (Å²) in [6, 6.07) is 9.32. The van der Waals surface area contributed by atoms with Gasteiger partial charge in [0.15, 0.2) is 0 Å². The van der Waals surface area contributed by atoms with Crippen LogP contribution in [0.1, 0.15) is 28.8 Å². The number of likely N-dealkylation sites (tertiary alicyclic amines) is 1. The highest BCUT2D eigenvalue weighted by Gasteiger charge is 2.28. The van der Waals surface area contributed by atoms with E-state index in [4.69, 9.17) is 5.73 Å². The molecule has 3 rings (SSSR count). The van der Waals surface area contributed by atoms with Gasteiger partial charge in [-0.25, -0.2) is 0 Å². The van der Waals surface area contributed by atoms with E-state index in [-0.39, 0.29) is 17.5 Å². The molecule has 0 aliphatic carbocycles. The summed E-state index contributed by atoms with van der Waals surface area (Å²) in [5, 5.41) is 24.6. The van der Waals surface area contributed by atoms with E-state index in [1.807, 2.05) is 11.0 Å². The van der Waals surface area contributed by atoms with Crippen LogP contribution in [0.25, 0.3) is 0 Å². The van der Waals surface area contributed by atoms with E-state index in [9.17, 15) is 29.8 Å². The third-order valence-electron chi connectivity index (χ3n) is 4.85. The summed E-state index contributed by atoms with van der Waals surface area (Å²) in [6.07, 6.45) is 1.58. The van der Waals surface area contributed by atoms with Crippen LogP contribution in [0.4, 0.5) is 17.1 Å². The third kappa shape index (κ3) is 4.75. The van der Waals surface area contributed by atoms with Crippen LogP contribution >= 0.6 is 0 Å². The molecule has 0 spiro atoms. The predicted molar refractivity (Wildman–Crippen MR) is 107 cm³/mol. The lowest BCUT2D eigenvalue weighted by Gasteiger charge is -2.22. The molecule has 3 N–H and O–H groups in total. The molecule has 1 fully saturated rings. The van der Waals surface area contributed by atoms with Crippen molar-refractivity contribution in [2.24, 2.45) is 5.73 Å². The highest BCUT2D eigenvalue weighted by molar-refractivity contribution is 6.05. The normalized spacial score (nSPS) is 16.2. The van der Waals surface area contributed by atoms with E-state index in [2.05, 4.69) is 5.32 Å². The maximum Gasteiger partial charge on any atom is 0.277 e. The van der Waals surface area contributed by atoms with Crippen LogP contribution in [0.2, 0.25) is 0 Å². The van der Waals surface area contributed by atoms with Gasteiger partial charge in [-0.3, -0.25) is 34.7 Å². The summed E-state index contributed by atoms with van der Waals surface area (Å²) in [5.74, 6) is -1.08. The average molecular weight is 413 g/mol. The number of benzene rings is 2. The number of hydrogen-bond donors (Lipinski definition) is 2. The molecule has 1 atom stereocenters. The van der Waals surface area contributed by atoms with E-state index < -0.39 is 27.1 Å². The van der Waals surface area contributed by atoms with Gasteiger partial charge in [0.25, 0.3) is 17.3 Å². The largest absolute Gasteiger partial charge is 0.368 e. The van der Waals surface area contributed by atoms with Crippen molar-refractivity contribution < 1.29 is 19.4 Å². The molecule has 1 unspecified atom stereocenters. The zero-order valence-corrected chi connectivity index (χ0v) is 15.8. The van der Waals surface area contributed by atoms with E-state index in [0.717, 1.165) is 36.7 Å². The Kier molecular flexibility index (Phi) is 6.02. The number of amides is 2. The molecule has 0 radical (unpaired) electrons. The quantitative estimate of drug-likeness (QED) is 0.519. The van der Waals surface area contributed by atoms with Crippen LogP contribution in [-0.4, -0.2) is 39.1 Å². The molecule has 0 saturated carbocycles. The van der Waals surface area contributed by atoms with Gasteiger partial charge in [0, 0.05) is 24.4 Å². The maximum atomic E-state index is 12.5. The summed E-state index contributed by atoms with van der Waals surface area (Å²) in [5.41, 5.74) is 5.40. The number of carbonyl (C=O) groups is 2. The van der Waals surface area contributed by atoms with E-state index >= 15 is 0 Å². The molecule has 2 aromatic rings. The lowest BCUT2D eigenvalue weighted by molar-refractivity contribution is -0.394. The van der Waals surface area contributed by atoms with Crippen LogP contribution in [0.15, 0.2) is 42.5 Å². The molecule has 11 nitrogen and oxygen atoms in total. The molecule has 0 aromatic heterocycles.